The van der Waals surface area contributed by atoms with Crippen molar-refractivity contribution in [1.29, 1.82) is 0 Å². The zero-order valence-electron chi connectivity index (χ0n) is 14.4. The molecule has 1 aromatic rings. The highest BCUT2D eigenvalue weighted by Crippen LogP contribution is 2.15. The van der Waals surface area contributed by atoms with E-state index >= 15 is 0 Å². The predicted octanol–water partition coefficient (Wildman–Crippen LogP) is 0.746. The Hall–Kier alpha value is -1.84. The molecule has 8 nitrogen and oxygen atoms in total. The van der Waals surface area contributed by atoms with Gasteiger partial charge >= 0.3 is 0 Å². The van der Waals surface area contributed by atoms with E-state index in [1.54, 1.807) is 12.1 Å². The fourth-order valence-electron chi connectivity index (χ4n) is 2.13. The number of guanidine groups is 1. The molecule has 0 radical (unpaired) electrons. The van der Waals surface area contributed by atoms with Crippen molar-refractivity contribution in [3.05, 3.63) is 24.3 Å². The molecule has 0 amide bonds. The van der Waals surface area contributed by atoms with Crippen LogP contribution in [-0.4, -0.2) is 61.0 Å². The first-order chi connectivity index (χ1) is 12.1. The van der Waals surface area contributed by atoms with Gasteiger partial charge < -0.3 is 19.5 Å². The molecule has 0 aromatic heterocycles. The number of ether oxygens (including phenoxy) is 3. The maximum absolute atomic E-state index is 12.5. The molecule has 0 saturated carbocycles. The van der Waals surface area contributed by atoms with Crippen LogP contribution in [0.5, 0.6) is 5.75 Å². The van der Waals surface area contributed by atoms with Crippen LogP contribution < -0.4 is 14.8 Å². The van der Waals surface area contributed by atoms with Gasteiger partial charge in [0.05, 0.1) is 25.2 Å². The van der Waals surface area contributed by atoms with E-state index < -0.39 is 10.0 Å². The molecule has 1 aromatic carbocycles. The average molecular weight is 371 g/mol. The molecule has 0 fully saturated rings. The number of rotatable bonds is 3. The van der Waals surface area contributed by atoms with Crippen LogP contribution in [0.4, 0.5) is 0 Å². The van der Waals surface area contributed by atoms with E-state index in [1.807, 2.05) is 0 Å². The highest BCUT2D eigenvalue weighted by Gasteiger charge is 2.16. The number of hydrogen-bond acceptors (Lipinski definition) is 7. The minimum absolute atomic E-state index is 0.146. The van der Waals surface area contributed by atoms with Crippen molar-refractivity contribution in [2.75, 3.05) is 46.6 Å². The summed E-state index contributed by atoms with van der Waals surface area (Å²) in [5, 5.41) is 3.02. The quantitative estimate of drug-likeness (QED) is 0.813. The molecular weight excluding hydrogens is 346 g/mol. The molecule has 0 aliphatic carbocycles. The van der Waals surface area contributed by atoms with E-state index in [1.165, 1.54) is 19.2 Å². The summed E-state index contributed by atoms with van der Waals surface area (Å²) in [5.74, 6) is 0.826. The molecule has 0 unspecified atom stereocenters. The lowest BCUT2D eigenvalue weighted by molar-refractivity contribution is 0.0471. The summed E-state index contributed by atoms with van der Waals surface area (Å²) in [5.41, 5.74) is 0. The third kappa shape index (κ3) is 6.89. The van der Waals surface area contributed by atoms with Crippen molar-refractivity contribution in [2.45, 2.75) is 17.7 Å². The van der Waals surface area contributed by atoms with Crippen LogP contribution in [0.15, 0.2) is 34.2 Å². The highest BCUT2D eigenvalue weighted by atomic mass is 32.2. The van der Waals surface area contributed by atoms with Crippen LogP contribution in [0.3, 0.4) is 0 Å². The highest BCUT2D eigenvalue weighted by molar-refractivity contribution is 7.90. The number of sulfonamides is 1. The number of benzene rings is 1. The van der Waals surface area contributed by atoms with Crippen molar-refractivity contribution < 1.29 is 22.6 Å². The summed E-state index contributed by atoms with van der Waals surface area (Å²) in [4.78, 5) is 4.45. The number of methoxy groups -OCH3 is 1. The fourth-order valence-corrected chi connectivity index (χ4v) is 3.13. The standard InChI is InChI=1S/C16H25N3O5S/c1-22-14-4-6-15(7-5-14)25(20,21)19-16-17-8-2-10-23-12-13-24-11-3-9-18-16/h4-7H,2-3,8-13H2,1H3,(H2,17,18,19). The Morgan fingerprint density at radius 3 is 2.44 bits per heavy atom. The van der Waals surface area contributed by atoms with Crippen molar-refractivity contribution in [1.82, 2.24) is 10.0 Å². The average Bonchev–Trinajstić information content (AvgIpc) is 2.64. The molecule has 2 N–H and O–H groups in total. The van der Waals surface area contributed by atoms with Gasteiger partial charge in [0.1, 0.15) is 5.75 Å². The van der Waals surface area contributed by atoms with Crippen molar-refractivity contribution in [3.8, 4) is 5.75 Å². The van der Waals surface area contributed by atoms with E-state index in [-0.39, 0.29) is 10.9 Å². The minimum Gasteiger partial charge on any atom is -0.497 e. The van der Waals surface area contributed by atoms with E-state index in [0.717, 1.165) is 6.42 Å². The molecule has 25 heavy (non-hydrogen) atoms. The lowest BCUT2D eigenvalue weighted by Gasteiger charge is -2.13. The van der Waals surface area contributed by atoms with Gasteiger partial charge in [0.25, 0.3) is 10.0 Å². The van der Waals surface area contributed by atoms with Gasteiger partial charge in [0.2, 0.25) is 5.96 Å². The van der Waals surface area contributed by atoms with Gasteiger partial charge in [-0.2, -0.15) is 0 Å². The first-order valence-electron chi connectivity index (χ1n) is 8.22. The summed E-state index contributed by atoms with van der Waals surface area (Å²) in [6.45, 7) is 3.30. The lowest BCUT2D eigenvalue weighted by atomic mass is 10.3. The van der Waals surface area contributed by atoms with Gasteiger partial charge in [-0.05, 0) is 37.1 Å². The number of hydrogen-bond donors (Lipinski definition) is 2. The third-order valence-electron chi connectivity index (χ3n) is 3.45. The summed E-state index contributed by atoms with van der Waals surface area (Å²) in [6.07, 6.45) is 1.44. The normalized spacial score (nSPS) is 17.9. The van der Waals surface area contributed by atoms with Crippen LogP contribution in [0.1, 0.15) is 12.8 Å². The Kier molecular flexibility index (Phi) is 7.96. The SMILES string of the molecule is COc1ccc(S(=O)(=O)NC2=NCCCOCCOCCCN2)cc1. The van der Waals surface area contributed by atoms with E-state index in [2.05, 4.69) is 15.0 Å². The molecule has 1 aliphatic heterocycles. The minimum atomic E-state index is -3.72. The smallest absolute Gasteiger partial charge is 0.264 e. The second kappa shape index (κ2) is 10.2. The zero-order valence-corrected chi connectivity index (χ0v) is 15.2. The van der Waals surface area contributed by atoms with Gasteiger partial charge in [0.15, 0.2) is 0 Å². The second-order valence-corrected chi connectivity index (χ2v) is 7.05. The number of nitrogens with one attached hydrogen (secondary N) is 2. The lowest BCUT2D eigenvalue weighted by Crippen LogP contribution is -2.41. The molecule has 2 rings (SSSR count). The third-order valence-corrected chi connectivity index (χ3v) is 4.80. The molecular formula is C16H25N3O5S. The van der Waals surface area contributed by atoms with Gasteiger partial charge in [-0.15, -0.1) is 0 Å². The van der Waals surface area contributed by atoms with Crippen molar-refractivity contribution >= 4 is 16.0 Å². The summed E-state index contributed by atoms with van der Waals surface area (Å²) in [7, 11) is -2.19. The fraction of sp³-hybridized carbons (Fsp3) is 0.562. The Labute approximate surface area is 148 Å². The van der Waals surface area contributed by atoms with Crippen molar-refractivity contribution in [2.24, 2.45) is 4.99 Å². The molecule has 9 heteroatoms. The van der Waals surface area contributed by atoms with Crippen LogP contribution in [0, 0.1) is 0 Å². The molecule has 0 atom stereocenters. The van der Waals surface area contributed by atoms with Crippen LogP contribution in [0.25, 0.3) is 0 Å². The van der Waals surface area contributed by atoms with Crippen LogP contribution >= 0.6 is 0 Å². The van der Waals surface area contributed by atoms with E-state index in [4.69, 9.17) is 14.2 Å². The Morgan fingerprint density at radius 2 is 1.76 bits per heavy atom. The molecule has 0 bridgehead atoms. The monoisotopic (exact) mass is 371 g/mol. The maximum atomic E-state index is 12.5. The summed E-state index contributed by atoms with van der Waals surface area (Å²) in [6, 6.07) is 6.18. The van der Waals surface area contributed by atoms with Gasteiger partial charge in [-0.1, -0.05) is 0 Å². The topological polar surface area (TPSA) is 98.3 Å². The molecule has 0 spiro atoms. The van der Waals surface area contributed by atoms with E-state index in [9.17, 15) is 8.42 Å². The first-order valence-corrected chi connectivity index (χ1v) is 9.71. The zero-order chi connectivity index (χ0) is 18.0. The van der Waals surface area contributed by atoms with Gasteiger partial charge in [0, 0.05) is 26.3 Å². The molecule has 1 heterocycles. The second-order valence-electron chi connectivity index (χ2n) is 5.37. The Morgan fingerprint density at radius 1 is 1.08 bits per heavy atom. The van der Waals surface area contributed by atoms with Crippen molar-refractivity contribution in [3.63, 3.8) is 0 Å². The predicted molar refractivity (Wildman–Crippen MR) is 94.5 cm³/mol. The maximum Gasteiger partial charge on any atom is 0.264 e. The Balaban J connectivity index is 2.03. The summed E-state index contributed by atoms with van der Waals surface area (Å²) < 4.78 is 43.4. The Bertz CT molecular complexity index is 646. The van der Waals surface area contributed by atoms with Crippen LogP contribution in [-0.2, 0) is 19.5 Å². The molecule has 1 aliphatic rings. The first kappa shape index (κ1) is 19.5. The van der Waals surface area contributed by atoms with E-state index in [0.29, 0.717) is 51.7 Å². The number of aliphatic imine (C=N–C) groups is 1. The largest absolute Gasteiger partial charge is 0.497 e. The molecule has 0 saturated heterocycles. The molecule has 140 valence electrons. The van der Waals surface area contributed by atoms with Crippen LogP contribution in [0.2, 0.25) is 0 Å². The summed E-state index contributed by atoms with van der Waals surface area (Å²) >= 11 is 0. The van der Waals surface area contributed by atoms with Gasteiger partial charge in [-0.3, -0.25) is 4.99 Å². The van der Waals surface area contributed by atoms with Gasteiger partial charge in [-0.25, -0.2) is 13.1 Å². The number of nitrogens with zero attached hydrogens (tertiary/aromatic N) is 1.